The van der Waals surface area contributed by atoms with Crippen LogP contribution in [0.3, 0.4) is 0 Å². The lowest BCUT2D eigenvalue weighted by atomic mass is 10.2. The van der Waals surface area contributed by atoms with E-state index in [2.05, 4.69) is 10.6 Å². The molecule has 7 nitrogen and oxygen atoms in total. The highest BCUT2D eigenvalue weighted by Crippen LogP contribution is 2.28. The van der Waals surface area contributed by atoms with Crippen LogP contribution in [0.1, 0.15) is 13.3 Å². The van der Waals surface area contributed by atoms with Gasteiger partial charge in [0, 0.05) is 32.0 Å². The second kappa shape index (κ2) is 10.9. The molecule has 7 heteroatoms. The zero-order chi connectivity index (χ0) is 17.8. The van der Waals surface area contributed by atoms with Crippen molar-refractivity contribution in [2.45, 2.75) is 13.3 Å². The van der Waals surface area contributed by atoms with Gasteiger partial charge in [0.1, 0.15) is 23.1 Å². The zero-order valence-electron chi connectivity index (χ0n) is 14.2. The minimum absolute atomic E-state index is 0.0312. The molecule has 0 bridgehead atoms. The third kappa shape index (κ3) is 6.18. The highest BCUT2D eigenvalue weighted by molar-refractivity contribution is 5.97. The average molecular weight is 333 g/mol. The number of amides is 1. The summed E-state index contributed by atoms with van der Waals surface area (Å²) in [5.41, 5.74) is 0.560. The standard InChI is InChI=1S/C17H23N3O4/c1-4-24-9-5-8-19-17(21)13(11-18)12-20-15-10-14(22-2)6-7-16(15)23-3/h6-7,10,12,20H,4-5,8-9H2,1-3H3,(H,19,21)/b13-12-. The molecule has 1 aromatic rings. The molecule has 0 fully saturated rings. The molecule has 0 aliphatic rings. The van der Waals surface area contributed by atoms with Crippen molar-refractivity contribution in [3.05, 3.63) is 30.0 Å². The molecule has 0 saturated carbocycles. The van der Waals surface area contributed by atoms with Crippen molar-refractivity contribution in [2.24, 2.45) is 0 Å². The minimum Gasteiger partial charge on any atom is -0.497 e. The summed E-state index contributed by atoms with van der Waals surface area (Å²) in [4.78, 5) is 12.0. The van der Waals surface area contributed by atoms with Crippen molar-refractivity contribution in [3.63, 3.8) is 0 Å². The molecule has 0 aliphatic heterocycles. The number of methoxy groups -OCH3 is 2. The number of ether oxygens (including phenoxy) is 3. The Morgan fingerprint density at radius 2 is 2.12 bits per heavy atom. The van der Waals surface area contributed by atoms with Crippen LogP contribution < -0.4 is 20.1 Å². The molecule has 2 N–H and O–H groups in total. The molecule has 1 rings (SSSR count). The maximum Gasteiger partial charge on any atom is 0.263 e. The Balaban J connectivity index is 2.69. The molecule has 1 amide bonds. The number of hydrogen-bond donors (Lipinski definition) is 2. The summed E-state index contributed by atoms with van der Waals surface area (Å²) in [6.07, 6.45) is 2.03. The van der Waals surface area contributed by atoms with Gasteiger partial charge in [-0.1, -0.05) is 0 Å². The van der Waals surface area contributed by atoms with E-state index in [4.69, 9.17) is 19.5 Å². The summed E-state index contributed by atoms with van der Waals surface area (Å²) < 4.78 is 15.6. The SMILES string of the molecule is CCOCCCNC(=O)/C(C#N)=C\Nc1cc(OC)ccc1OC. The Morgan fingerprint density at radius 3 is 2.75 bits per heavy atom. The first-order valence-corrected chi connectivity index (χ1v) is 7.61. The molecule has 130 valence electrons. The van der Waals surface area contributed by atoms with Crippen molar-refractivity contribution in [2.75, 3.05) is 39.3 Å². The van der Waals surface area contributed by atoms with E-state index in [9.17, 15) is 4.79 Å². The maximum atomic E-state index is 12.0. The molecular formula is C17H23N3O4. The highest BCUT2D eigenvalue weighted by Gasteiger charge is 2.09. The van der Waals surface area contributed by atoms with Gasteiger partial charge in [-0.25, -0.2) is 0 Å². The van der Waals surface area contributed by atoms with Gasteiger partial charge in [-0.05, 0) is 25.5 Å². The van der Waals surface area contributed by atoms with Gasteiger partial charge in [0.2, 0.25) is 0 Å². The summed E-state index contributed by atoms with van der Waals surface area (Å²) in [6.45, 7) is 3.57. The Morgan fingerprint density at radius 1 is 1.33 bits per heavy atom. The molecule has 0 atom stereocenters. The number of benzene rings is 1. The summed E-state index contributed by atoms with van der Waals surface area (Å²) in [5, 5.41) is 14.7. The quantitative estimate of drug-likeness (QED) is 0.387. The van der Waals surface area contributed by atoms with Crippen molar-refractivity contribution < 1.29 is 19.0 Å². The van der Waals surface area contributed by atoms with Gasteiger partial charge < -0.3 is 24.8 Å². The number of carbonyl (C=O) groups excluding carboxylic acids is 1. The monoisotopic (exact) mass is 333 g/mol. The van der Waals surface area contributed by atoms with Crippen LogP contribution in [0.2, 0.25) is 0 Å². The predicted molar refractivity (Wildman–Crippen MR) is 91.0 cm³/mol. The predicted octanol–water partition coefficient (Wildman–Crippen LogP) is 2.07. The first-order chi connectivity index (χ1) is 11.7. The van der Waals surface area contributed by atoms with E-state index in [0.717, 1.165) is 0 Å². The van der Waals surface area contributed by atoms with Crippen LogP contribution in [0.25, 0.3) is 0 Å². The highest BCUT2D eigenvalue weighted by atomic mass is 16.5. The topological polar surface area (TPSA) is 92.6 Å². The lowest BCUT2D eigenvalue weighted by molar-refractivity contribution is -0.117. The maximum absolute atomic E-state index is 12.0. The second-order valence-electron chi connectivity index (χ2n) is 4.69. The average Bonchev–Trinajstić information content (AvgIpc) is 2.61. The molecule has 0 saturated heterocycles. The van der Waals surface area contributed by atoms with Gasteiger partial charge in [-0.2, -0.15) is 5.26 Å². The number of nitrogens with zero attached hydrogens (tertiary/aromatic N) is 1. The van der Waals surface area contributed by atoms with Gasteiger partial charge in [0.05, 0.1) is 19.9 Å². The number of nitriles is 1. The molecule has 1 aromatic carbocycles. The summed E-state index contributed by atoms with van der Waals surface area (Å²) in [6, 6.07) is 7.07. The fourth-order valence-electron chi connectivity index (χ4n) is 1.84. The van der Waals surface area contributed by atoms with E-state index in [1.807, 2.05) is 13.0 Å². The van der Waals surface area contributed by atoms with Gasteiger partial charge in [0.25, 0.3) is 5.91 Å². The van der Waals surface area contributed by atoms with Crippen LogP contribution in [0.5, 0.6) is 11.5 Å². The zero-order valence-corrected chi connectivity index (χ0v) is 14.2. The molecule has 0 heterocycles. The summed E-state index contributed by atoms with van der Waals surface area (Å²) in [7, 11) is 3.09. The normalized spacial score (nSPS) is 10.7. The third-order valence-electron chi connectivity index (χ3n) is 3.10. The van der Waals surface area contributed by atoms with Crippen LogP contribution >= 0.6 is 0 Å². The van der Waals surface area contributed by atoms with Crippen LogP contribution in [0.4, 0.5) is 5.69 Å². The van der Waals surface area contributed by atoms with E-state index >= 15 is 0 Å². The van der Waals surface area contributed by atoms with E-state index in [1.165, 1.54) is 13.3 Å². The molecule has 24 heavy (non-hydrogen) atoms. The van der Waals surface area contributed by atoms with E-state index in [-0.39, 0.29) is 5.57 Å². The van der Waals surface area contributed by atoms with Gasteiger partial charge in [0.15, 0.2) is 0 Å². The van der Waals surface area contributed by atoms with E-state index in [0.29, 0.717) is 43.4 Å². The smallest absolute Gasteiger partial charge is 0.263 e. The van der Waals surface area contributed by atoms with Gasteiger partial charge >= 0.3 is 0 Å². The van der Waals surface area contributed by atoms with E-state index in [1.54, 1.807) is 25.3 Å². The van der Waals surface area contributed by atoms with Crippen LogP contribution in [0, 0.1) is 11.3 Å². The van der Waals surface area contributed by atoms with Crippen molar-refractivity contribution >= 4 is 11.6 Å². The number of anilines is 1. The summed E-state index contributed by atoms with van der Waals surface area (Å²) >= 11 is 0. The van der Waals surface area contributed by atoms with Crippen molar-refractivity contribution in [3.8, 4) is 17.6 Å². The van der Waals surface area contributed by atoms with Crippen LogP contribution in [0.15, 0.2) is 30.0 Å². The first kappa shape index (κ1) is 19.3. The number of nitrogens with one attached hydrogen (secondary N) is 2. The second-order valence-corrected chi connectivity index (χ2v) is 4.69. The lowest BCUT2D eigenvalue weighted by Crippen LogP contribution is -2.26. The molecule has 0 radical (unpaired) electrons. The van der Waals surface area contributed by atoms with Gasteiger partial charge in [-0.15, -0.1) is 0 Å². The fourth-order valence-corrected chi connectivity index (χ4v) is 1.84. The number of hydrogen-bond acceptors (Lipinski definition) is 6. The minimum atomic E-state index is -0.441. The van der Waals surface area contributed by atoms with Crippen LogP contribution in [-0.4, -0.2) is 39.9 Å². The Kier molecular flexibility index (Phi) is 8.79. The third-order valence-corrected chi connectivity index (χ3v) is 3.10. The van der Waals surface area contributed by atoms with Crippen molar-refractivity contribution in [1.29, 1.82) is 5.26 Å². The molecule has 0 unspecified atom stereocenters. The largest absolute Gasteiger partial charge is 0.497 e. The molecular weight excluding hydrogens is 310 g/mol. The van der Waals surface area contributed by atoms with E-state index < -0.39 is 5.91 Å². The molecule has 0 spiro atoms. The first-order valence-electron chi connectivity index (χ1n) is 7.61. The Bertz CT molecular complexity index is 608. The van der Waals surface area contributed by atoms with Crippen LogP contribution in [-0.2, 0) is 9.53 Å². The Labute approximate surface area is 142 Å². The van der Waals surface area contributed by atoms with Crippen molar-refractivity contribution in [1.82, 2.24) is 5.32 Å². The number of carbonyl (C=O) groups is 1. The molecule has 0 aliphatic carbocycles. The lowest BCUT2D eigenvalue weighted by Gasteiger charge is -2.10. The fraction of sp³-hybridized carbons (Fsp3) is 0.412. The summed E-state index contributed by atoms with van der Waals surface area (Å²) in [5.74, 6) is 0.760. The van der Waals surface area contributed by atoms with Gasteiger partial charge in [-0.3, -0.25) is 4.79 Å². The molecule has 0 aromatic heterocycles. The Hall–Kier alpha value is -2.72. The number of rotatable bonds is 10.